The molecule has 1 unspecified atom stereocenters. The van der Waals surface area contributed by atoms with Gasteiger partial charge in [0.1, 0.15) is 11.4 Å². The van der Waals surface area contributed by atoms with Gasteiger partial charge in [-0.3, -0.25) is 0 Å². The van der Waals surface area contributed by atoms with E-state index < -0.39 is 5.60 Å². The van der Waals surface area contributed by atoms with Crippen molar-refractivity contribution < 1.29 is 9.84 Å². The van der Waals surface area contributed by atoms with Crippen LogP contribution in [0.3, 0.4) is 0 Å². The second-order valence-electron chi connectivity index (χ2n) is 5.01. The van der Waals surface area contributed by atoms with E-state index in [2.05, 4.69) is 15.9 Å². The summed E-state index contributed by atoms with van der Waals surface area (Å²) in [4.78, 5) is 0. The van der Waals surface area contributed by atoms with Gasteiger partial charge in [0.05, 0.1) is 6.61 Å². The number of halogens is 1. The minimum absolute atomic E-state index is 0.568. The van der Waals surface area contributed by atoms with E-state index in [-0.39, 0.29) is 0 Å². The van der Waals surface area contributed by atoms with Crippen LogP contribution in [0, 0.1) is 6.92 Å². The minimum Gasteiger partial charge on any atom is -0.493 e. The molecule has 3 heteroatoms. The number of aryl methyl sites for hydroxylation is 1. The zero-order valence-corrected chi connectivity index (χ0v) is 13.6. The quantitative estimate of drug-likeness (QED) is 0.897. The molecule has 0 bridgehead atoms. The van der Waals surface area contributed by atoms with Crippen molar-refractivity contribution in [2.75, 3.05) is 6.61 Å². The highest BCUT2D eigenvalue weighted by Crippen LogP contribution is 2.37. The molecule has 0 radical (unpaired) electrons. The Hall–Kier alpha value is -1.32. The largest absolute Gasteiger partial charge is 0.493 e. The smallest absolute Gasteiger partial charge is 0.125 e. The first-order chi connectivity index (χ1) is 9.45. The molecule has 0 aliphatic carbocycles. The van der Waals surface area contributed by atoms with E-state index in [4.69, 9.17) is 4.74 Å². The molecule has 0 amide bonds. The van der Waals surface area contributed by atoms with Crippen LogP contribution in [-0.4, -0.2) is 11.7 Å². The summed E-state index contributed by atoms with van der Waals surface area (Å²) in [7, 11) is 0. The number of aliphatic hydroxyl groups is 1. The van der Waals surface area contributed by atoms with Crippen molar-refractivity contribution in [3.8, 4) is 5.75 Å². The Kier molecular flexibility index (Phi) is 4.51. The third-order valence-electron chi connectivity index (χ3n) is 3.38. The van der Waals surface area contributed by atoms with E-state index in [0.717, 1.165) is 15.6 Å². The fraction of sp³-hybridized carbons (Fsp3) is 0.294. The Labute approximate surface area is 128 Å². The first-order valence-corrected chi connectivity index (χ1v) is 7.46. The first kappa shape index (κ1) is 15.1. The Bertz CT molecular complexity index is 588. The summed E-state index contributed by atoms with van der Waals surface area (Å²) < 4.78 is 6.56. The molecule has 0 aliphatic heterocycles. The Morgan fingerprint density at radius 2 is 1.80 bits per heavy atom. The molecule has 1 atom stereocenters. The van der Waals surface area contributed by atoms with E-state index >= 15 is 0 Å². The number of ether oxygens (including phenoxy) is 1. The minimum atomic E-state index is -1.10. The molecular formula is C17H19BrO2. The lowest BCUT2D eigenvalue weighted by molar-refractivity contribution is 0.0980. The Morgan fingerprint density at radius 3 is 2.40 bits per heavy atom. The van der Waals surface area contributed by atoms with Crippen LogP contribution in [0.15, 0.2) is 46.9 Å². The van der Waals surface area contributed by atoms with E-state index in [1.165, 1.54) is 5.56 Å². The second kappa shape index (κ2) is 5.98. The Balaban J connectivity index is 2.52. The van der Waals surface area contributed by atoms with Crippen molar-refractivity contribution in [3.63, 3.8) is 0 Å². The third kappa shape index (κ3) is 3.05. The third-order valence-corrected chi connectivity index (χ3v) is 3.87. The van der Waals surface area contributed by atoms with Crippen LogP contribution in [0.1, 0.15) is 30.5 Å². The molecule has 2 rings (SSSR count). The van der Waals surface area contributed by atoms with Gasteiger partial charge in [-0.1, -0.05) is 45.8 Å². The van der Waals surface area contributed by atoms with Crippen LogP contribution in [0.5, 0.6) is 5.75 Å². The fourth-order valence-corrected chi connectivity index (χ4v) is 2.56. The van der Waals surface area contributed by atoms with Crippen LogP contribution in [0.4, 0.5) is 0 Å². The molecule has 20 heavy (non-hydrogen) atoms. The molecule has 0 saturated heterocycles. The maximum atomic E-state index is 11.0. The van der Waals surface area contributed by atoms with Gasteiger partial charge < -0.3 is 9.84 Å². The summed E-state index contributed by atoms with van der Waals surface area (Å²) in [5.41, 5.74) is 1.69. The lowest BCUT2D eigenvalue weighted by Gasteiger charge is -2.27. The van der Waals surface area contributed by atoms with Crippen LogP contribution in [-0.2, 0) is 5.60 Å². The summed E-state index contributed by atoms with van der Waals surface area (Å²) in [6.07, 6.45) is 0. The fourth-order valence-electron chi connectivity index (χ4n) is 2.20. The van der Waals surface area contributed by atoms with Crippen molar-refractivity contribution >= 4 is 15.9 Å². The number of rotatable bonds is 4. The molecule has 2 aromatic carbocycles. The summed E-state index contributed by atoms with van der Waals surface area (Å²) in [5, 5.41) is 11.0. The van der Waals surface area contributed by atoms with Crippen molar-refractivity contribution in [2.24, 2.45) is 0 Å². The number of benzene rings is 2. The highest BCUT2D eigenvalue weighted by molar-refractivity contribution is 9.10. The lowest BCUT2D eigenvalue weighted by atomic mass is 9.87. The molecule has 0 spiro atoms. The highest BCUT2D eigenvalue weighted by atomic mass is 79.9. The van der Waals surface area contributed by atoms with Gasteiger partial charge in [0, 0.05) is 10.0 Å². The molecular weight excluding hydrogens is 316 g/mol. The zero-order chi connectivity index (χ0) is 14.8. The number of hydrogen-bond acceptors (Lipinski definition) is 2. The van der Waals surface area contributed by atoms with Gasteiger partial charge in [-0.25, -0.2) is 0 Å². The summed E-state index contributed by atoms with van der Waals surface area (Å²) >= 11 is 3.46. The van der Waals surface area contributed by atoms with E-state index in [1.54, 1.807) is 6.92 Å². The van der Waals surface area contributed by atoms with Crippen molar-refractivity contribution in [3.05, 3.63) is 63.6 Å². The van der Waals surface area contributed by atoms with Crippen LogP contribution in [0.25, 0.3) is 0 Å². The Morgan fingerprint density at radius 1 is 1.15 bits per heavy atom. The lowest BCUT2D eigenvalue weighted by Crippen LogP contribution is -2.23. The van der Waals surface area contributed by atoms with Gasteiger partial charge >= 0.3 is 0 Å². The molecule has 0 aliphatic rings. The van der Waals surface area contributed by atoms with Crippen LogP contribution in [0.2, 0.25) is 0 Å². The second-order valence-corrected chi connectivity index (χ2v) is 5.93. The highest BCUT2D eigenvalue weighted by Gasteiger charge is 2.29. The van der Waals surface area contributed by atoms with E-state index in [0.29, 0.717) is 12.4 Å². The van der Waals surface area contributed by atoms with Gasteiger partial charge in [-0.05, 0) is 44.5 Å². The monoisotopic (exact) mass is 334 g/mol. The predicted molar refractivity (Wildman–Crippen MR) is 85.2 cm³/mol. The summed E-state index contributed by atoms with van der Waals surface area (Å²) in [6, 6.07) is 13.6. The molecule has 2 aromatic rings. The molecule has 0 saturated carbocycles. The van der Waals surface area contributed by atoms with Gasteiger partial charge in [0.2, 0.25) is 0 Å². The van der Waals surface area contributed by atoms with Crippen molar-refractivity contribution in [1.82, 2.24) is 0 Å². The molecule has 0 heterocycles. The van der Waals surface area contributed by atoms with Gasteiger partial charge in [0.25, 0.3) is 0 Å². The molecule has 0 aromatic heterocycles. The molecule has 106 valence electrons. The molecule has 2 nitrogen and oxygen atoms in total. The maximum Gasteiger partial charge on any atom is 0.125 e. The predicted octanol–water partition coefficient (Wildman–Crippen LogP) is 4.41. The maximum absolute atomic E-state index is 11.0. The summed E-state index contributed by atoms with van der Waals surface area (Å²) in [5.74, 6) is 0.710. The van der Waals surface area contributed by atoms with Crippen LogP contribution >= 0.6 is 15.9 Å². The van der Waals surface area contributed by atoms with Crippen molar-refractivity contribution in [2.45, 2.75) is 26.4 Å². The van der Waals surface area contributed by atoms with E-state index in [1.807, 2.05) is 56.3 Å². The van der Waals surface area contributed by atoms with Gasteiger partial charge in [-0.15, -0.1) is 0 Å². The van der Waals surface area contributed by atoms with Crippen LogP contribution < -0.4 is 4.74 Å². The first-order valence-electron chi connectivity index (χ1n) is 6.67. The average Bonchev–Trinajstić information content (AvgIpc) is 2.41. The summed E-state index contributed by atoms with van der Waals surface area (Å²) in [6.45, 7) is 6.33. The molecule has 1 N–H and O–H groups in total. The number of hydrogen-bond donors (Lipinski definition) is 1. The average molecular weight is 335 g/mol. The zero-order valence-electron chi connectivity index (χ0n) is 12.0. The topological polar surface area (TPSA) is 29.5 Å². The van der Waals surface area contributed by atoms with Gasteiger partial charge in [-0.2, -0.15) is 0 Å². The van der Waals surface area contributed by atoms with Gasteiger partial charge in [0.15, 0.2) is 0 Å². The normalized spacial score (nSPS) is 13.8. The van der Waals surface area contributed by atoms with Crippen molar-refractivity contribution in [1.29, 1.82) is 0 Å². The standard InChI is InChI=1S/C17H19BrO2/c1-4-20-16-10-9-14(18)11-15(16)17(3,19)13-7-5-12(2)6-8-13/h5-11,19H,4H2,1-3H3. The SMILES string of the molecule is CCOc1ccc(Br)cc1C(C)(O)c1ccc(C)cc1. The van der Waals surface area contributed by atoms with E-state index in [9.17, 15) is 5.11 Å². The molecule has 0 fully saturated rings.